The normalized spacial score (nSPS) is 15.2. The fourth-order valence-corrected chi connectivity index (χ4v) is 5.61. The summed E-state index contributed by atoms with van der Waals surface area (Å²) in [4.78, 5) is 9.30. The quantitative estimate of drug-likeness (QED) is 0.182. The Morgan fingerprint density at radius 2 is 1.95 bits per heavy atom. The Morgan fingerprint density at radius 3 is 2.70 bits per heavy atom. The van der Waals surface area contributed by atoms with Crippen molar-refractivity contribution in [3.8, 4) is 5.75 Å². The van der Waals surface area contributed by atoms with Crippen LogP contribution in [0.1, 0.15) is 64.0 Å². The summed E-state index contributed by atoms with van der Waals surface area (Å²) in [5, 5.41) is 15.3. The van der Waals surface area contributed by atoms with Gasteiger partial charge in [0.2, 0.25) is 5.95 Å². The van der Waals surface area contributed by atoms with Gasteiger partial charge in [-0.2, -0.15) is 4.98 Å². The molecule has 1 unspecified atom stereocenters. The number of nitrogens with one attached hydrogen (secondary N) is 2. The van der Waals surface area contributed by atoms with Crippen LogP contribution in [0.25, 0.3) is 27.5 Å². The Labute approximate surface area is 237 Å². The number of aliphatic hydroxyl groups excluding tert-OH is 1. The SMILES string of the molecule is CCCCNc1nc(N)nc2c3ccccc3n(Cc3cc(C4=CC(NC(C)C)CCC4)ccc3OC)c12.CO. The monoisotopic (exact) mass is 544 g/mol. The van der Waals surface area contributed by atoms with Crippen molar-refractivity contribution in [3.05, 3.63) is 59.7 Å². The zero-order chi connectivity index (χ0) is 28.6. The summed E-state index contributed by atoms with van der Waals surface area (Å²) >= 11 is 0. The first-order chi connectivity index (χ1) is 19.5. The number of para-hydroxylation sites is 1. The van der Waals surface area contributed by atoms with E-state index in [1.807, 2.05) is 6.07 Å². The third-order valence-corrected chi connectivity index (χ3v) is 7.33. The minimum absolute atomic E-state index is 0.285. The van der Waals surface area contributed by atoms with Crippen molar-refractivity contribution in [2.45, 2.75) is 71.5 Å². The number of anilines is 2. The lowest BCUT2D eigenvalue weighted by atomic mass is 9.90. The number of methoxy groups -OCH3 is 1. The van der Waals surface area contributed by atoms with E-state index in [-0.39, 0.29) is 5.95 Å². The molecule has 0 spiro atoms. The van der Waals surface area contributed by atoms with Gasteiger partial charge < -0.3 is 30.8 Å². The first kappa shape index (κ1) is 29.4. The van der Waals surface area contributed by atoms with E-state index in [1.54, 1.807) is 7.11 Å². The average Bonchev–Trinajstić information content (AvgIpc) is 3.27. The molecule has 8 heteroatoms. The molecule has 0 saturated heterocycles. The van der Waals surface area contributed by atoms with Gasteiger partial charge in [0, 0.05) is 36.7 Å². The third-order valence-electron chi connectivity index (χ3n) is 7.33. The topological polar surface area (TPSA) is 110 Å². The lowest BCUT2D eigenvalue weighted by Crippen LogP contribution is -2.34. The van der Waals surface area contributed by atoms with Crippen molar-refractivity contribution in [2.24, 2.45) is 0 Å². The molecule has 0 amide bonds. The van der Waals surface area contributed by atoms with Crippen LogP contribution in [0, 0.1) is 0 Å². The van der Waals surface area contributed by atoms with Gasteiger partial charge in [-0.05, 0) is 55.0 Å². The second kappa shape index (κ2) is 13.6. The Bertz CT molecular complexity index is 1460. The molecule has 8 nitrogen and oxygen atoms in total. The number of hydrogen-bond acceptors (Lipinski definition) is 7. The number of aromatic nitrogens is 3. The van der Waals surface area contributed by atoms with E-state index in [4.69, 9.17) is 15.6 Å². The molecule has 1 atom stereocenters. The van der Waals surface area contributed by atoms with Gasteiger partial charge in [-0.25, -0.2) is 4.98 Å². The number of rotatable bonds is 10. The third kappa shape index (κ3) is 6.40. The molecule has 2 aromatic carbocycles. The Morgan fingerprint density at radius 1 is 1.15 bits per heavy atom. The first-order valence-electron chi connectivity index (χ1n) is 14.4. The van der Waals surface area contributed by atoms with Crippen LogP contribution in [0.4, 0.5) is 11.8 Å². The van der Waals surface area contributed by atoms with Crippen molar-refractivity contribution in [3.63, 3.8) is 0 Å². The average molecular weight is 545 g/mol. The minimum atomic E-state index is 0.285. The van der Waals surface area contributed by atoms with Crippen LogP contribution in [0.5, 0.6) is 5.75 Å². The van der Waals surface area contributed by atoms with Crippen molar-refractivity contribution < 1.29 is 9.84 Å². The van der Waals surface area contributed by atoms with Crippen LogP contribution in [0.3, 0.4) is 0 Å². The summed E-state index contributed by atoms with van der Waals surface area (Å²) in [5.41, 5.74) is 12.9. The zero-order valence-electron chi connectivity index (χ0n) is 24.5. The fourth-order valence-electron chi connectivity index (χ4n) is 5.61. The molecule has 1 aliphatic carbocycles. The van der Waals surface area contributed by atoms with Crippen molar-refractivity contribution in [2.75, 3.05) is 31.8 Å². The van der Waals surface area contributed by atoms with Crippen LogP contribution in [0.15, 0.2) is 48.5 Å². The maximum absolute atomic E-state index is 7.00. The second-order valence-corrected chi connectivity index (χ2v) is 10.5. The Balaban J connectivity index is 0.00000181. The van der Waals surface area contributed by atoms with Crippen molar-refractivity contribution >= 4 is 39.3 Å². The second-order valence-electron chi connectivity index (χ2n) is 10.5. The molecule has 40 heavy (non-hydrogen) atoms. The van der Waals surface area contributed by atoms with Crippen molar-refractivity contribution in [1.82, 2.24) is 19.9 Å². The van der Waals surface area contributed by atoms with Gasteiger partial charge in [0.1, 0.15) is 16.8 Å². The van der Waals surface area contributed by atoms with Crippen LogP contribution < -0.4 is 21.1 Å². The molecule has 0 saturated carbocycles. The summed E-state index contributed by atoms with van der Waals surface area (Å²) in [6.07, 6.45) is 8.05. The fraction of sp³-hybridized carbons (Fsp3) is 0.438. The lowest BCUT2D eigenvalue weighted by molar-refractivity contribution is 0.399. The molecule has 0 radical (unpaired) electrons. The van der Waals surface area contributed by atoms with Gasteiger partial charge >= 0.3 is 0 Å². The van der Waals surface area contributed by atoms with E-state index in [9.17, 15) is 0 Å². The molecule has 2 aromatic heterocycles. The van der Waals surface area contributed by atoms with Gasteiger partial charge in [0.05, 0.1) is 19.2 Å². The van der Waals surface area contributed by atoms with Gasteiger partial charge in [-0.15, -0.1) is 0 Å². The van der Waals surface area contributed by atoms with E-state index < -0.39 is 0 Å². The predicted molar refractivity (Wildman–Crippen MR) is 167 cm³/mol. The first-order valence-corrected chi connectivity index (χ1v) is 14.4. The molecule has 1 aliphatic rings. The molecule has 214 valence electrons. The van der Waals surface area contributed by atoms with E-state index in [0.717, 1.165) is 72.0 Å². The number of ether oxygens (including phenoxy) is 1. The number of fused-ring (bicyclic) bond motifs is 3. The molecule has 4 aromatic rings. The van der Waals surface area contributed by atoms with Crippen LogP contribution >= 0.6 is 0 Å². The predicted octanol–water partition coefficient (Wildman–Crippen LogP) is 5.98. The molecule has 5 N–H and O–H groups in total. The number of unbranched alkanes of at least 4 members (excludes halogenated alkanes) is 1. The van der Waals surface area contributed by atoms with E-state index in [1.165, 1.54) is 24.0 Å². The standard InChI is InChI=1S/C31H40N6O.CH4O/c1-5-6-16-33-30-29-28(35-31(32)36-30)25-12-7-8-13-26(25)37(29)19-23-17-22(14-15-27(23)38-4)21-10-9-11-24(18-21)34-20(2)3;1-2/h7-8,12-15,17-18,20,24,34H,5-6,9-11,16,19H2,1-4H3,(H3,32,33,35,36);2H,1H3. The molecule has 0 bridgehead atoms. The van der Waals surface area contributed by atoms with Crippen LogP contribution in [-0.2, 0) is 6.54 Å². The summed E-state index contributed by atoms with van der Waals surface area (Å²) in [6, 6.07) is 15.9. The highest BCUT2D eigenvalue weighted by Gasteiger charge is 2.20. The Hall–Kier alpha value is -3.62. The number of hydrogen-bond donors (Lipinski definition) is 4. The molecule has 0 aliphatic heterocycles. The van der Waals surface area contributed by atoms with Crippen LogP contribution in [-0.4, -0.2) is 52.5 Å². The largest absolute Gasteiger partial charge is 0.496 e. The summed E-state index contributed by atoms with van der Waals surface area (Å²) in [5.74, 6) is 1.95. The van der Waals surface area contributed by atoms with Crippen molar-refractivity contribution in [1.29, 1.82) is 0 Å². The maximum atomic E-state index is 7.00. The smallest absolute Gasteiger partial charge is 0.222 e. The molecule has 2 heterocycles. The molecule has 0 fully saturated rings. The van der Waals surface area contributed by atoms with Gasteiger partial charge in [0.15, 0.2) is 5.82 Å². The molecular weight excluding hydrogens is 500 g/mol. The van der Waals surface area contributed by atoms with E-state index in [0.29, 0.717) is 18.6 Å². The lowest BCUT2D eigenvalue weighted by Gasteiger charge is -2.25. The van der Waals surface area contributed by atoms with E-state index in [2.05, 4.69) is 88.4 Å². The summed E-state index contributed by atoms with van der Waals surface area (Å²) in [6.45, 7) is 8.08. The summed E-state index contributed by atoms with van der Waals surface area (Å²) < 4.78 is 8.16. The maximum Gasteiger partial charge on any atom is 0.222 e. The van der Waals surface area contributed by atoms with Gasteiger partial charge in [0.25, 0.3) is 0 Å². The molecular formula is C32H44N6O2. The van der Waals surface area contributed by atoms with E-state index >= 15 is 0 Å². The Kier molecular flexibility index (Phi) is 10.0. The number of nitrogen functional groups attached to an aromatic ring is 1. The number of benzene rings is 2. The number of allylic oxidation sites excluding steroid dienone is 1. The number of nitrogens with zero attached hydrogens (tertiary/aromatic N) is 3. The van der Waals surface area contributed by atoms with Gasteiger partial charge in [-0.1, -0.05) is 57.5 Å². The molecule has 5 rings (SSSR count). The number of aliphatic hydroxyl groups is 1. The highest BCUT2D eigenvalue weighted by Crippen LogP contribution is 2.35. The summed E-state index contributed by atoms with van der Waals surface area (Å²) in [7, 11) is 2.74. The highest BCUT2D eigenvalue weighted by molar-refractivity contribution is 6.09. The number of nitrogens with two attached hydrogens (primary N) is 1. The van der Waals surface area contributed by atoms with Gasteiger partial charge in [-0.3, -0.25) is 0 Å². The highest BCUT2D eigenvalue weighted by atomic mass is 16.5. The zero-order valence-corrected chi connectivity index (χ0v) is 24.5. The van der Waals surface area contributed by atoms with Crippen LogP contribution in [0.2, 0.25) is 0 Å². The minimum Gasteiger partial charge on any atom is -0.496 e.